The Hall–Kier alpha value is -0.710. The van der Waals surface area contributed by atoms with Crippen molar-refractivity contribution in [2.24, 2.45) is 5.73 Å². The quantitative estimate of drug-likeness (QED) is 0.687. The van der Waals surface area contributed by atoms with Gasteiger partial charge in [-0.3, -0.25) is 0 Å². The van der Waals surface area contributed by atoms with Crippen LogP contribution in [0.2, 0.25) is 0 Å². The molecule has 1 aromatic rings. The molecule has 1 heterocycles. The van der Waals surface area contributed by atoms with E-state index >= 15 is 0 Å². The first kappa shape index (κ1) is 11.4. The summed E-state index contributed by atoms with van der Waals surface area (Å²) in [7, 11) is 0. The molecule has 78 valence electrons. The Morgan fingerprint density at radius 3 is 2.79 bits per heavy atom. The minimum atomic E-state index is -0.626. The fraction of sp³-hybridized carbons (Fsp3) is 0.444. The largest absolute Gasteiger partial charge is 0.391 e. The summed E-state index contributed by atoms with van der Waals surface area (Å²) in [6.07, 6.45) is 1.40. The number of nitrogens with two attached hydrogens (primary N) is 1. The van der Waals surface area contributed by atoms with Crippen molar-refractivity contribution in [2.45, 2.75) is 24.5 Å². The molecule has 0 aliphatic heterocycles. The van der Waals surface area contributed by atoms with E-state index < -0.39 is 12.1 Å². The van der Waals surface area contributed by atoms with Gasteiger partial charge in [0, 0.05) is 23.7 Å². The Labute approximate surface area is 87.6 Å². The second-order valence-electron chi connectivity index (χ2n) is 3.38. The molecule has 0 amide bonds. The third kappa shape index (κ3) is 1.73. The van der Waals surface area contributed by atoms with Crippen LogP contribution in [0.3, 0.4) is 0 Å². The molecule has 14 heavy (non-hydrogen) atoms. The first-order chi connectivity index (χ1) is 6.20. The Bertz CT molecular complexity index is 323. The Morgan fingerprint density at radius 2 is 2.29 bits per heavy atom. The van der Waals surface area contributed by atoms with Crippen LogP contribution in [0, 0.1) is 5.95 Å². The standard InChI is InChI=1S/C9H11FN2O.ClH/c10-9-5(2-1-3-12-9)6-4-7(11)8(6)13;/h1-3,6-8,13H,4,11H2;1H/t6?,7-,8-;/m1./s1. The number of halogens is 2. The summed E-state index contributed by atoms with van der Waals surface area (Å²) in [5, 5.41) is 9.43. The molecular weight excluding hydrogens is 207 g/mol. The van der Waals surface area contributed by atoms with Crippen molar-refractivity contribution in [3.8, 4) is 0 Å². The molecular formula is C9H12ClFN2O. The molecule has 2 rings (SSSR count). The molecule has 0 saturated heterocycles. The summed E-state index contributed by atoms with van der Waals surface area (Å²) >= 11 is 0. The number of hydrogen-bond acceptors (Lipinski definition) is 3. The highest BCUT2D eigenvalue weighted by molar-refractivity contribution is 5.85. The summed E-state index contributed by atoms with van der Waals surface area (Å²) in [6, 6.07) is 3.08. The summed E-state index contributed by atoms with van der Waals surface area (Å²) in [5.74, 6) is -0.679. The van der Waals surface area contributed by atoms with Crippen molar-refractivity contribution >= 4 is 12.4 Å². The van der Waals surface area contributed by atoms with Crippen LogP contribution in [0.5, 0.6) is 0 Å². The van der Waals surface area contributed by atoms with Crippen LogP contribution in [0.15, 0.2) is 18.3 Å². The Balaban J connectivity index is 0.000000980. The lowest BCUT2D eigenvalue weighted by molar-refractivity contribution is 0.0395. The monoisotopic (exact) mass is 218 g/mol. The highest BCUT2D eigenvalue weighted by atomic mass is 35.5. The van der Waals surface area contributed by atoms with E-state index in [0.29, 0.717) is 12.0 Å². The van der Waals surface area contributed by atoms with Crippen LogP contribution >= 0.6 is 12.4 Å². The molecule has 1 unspecified atom stereocenters. The number of hydrogen-bond donors (Lipinski definition) is 2. The van der Waals surface area contributed by atoms with Crippen molar-refractivity contribution in [3.63, 3.8) is 0 Å². The molecule has 3 N–H and O–H groups in total. The Kier molecular flexibility index (Phi) is 3.42. The van der Waals surface area contributed by atoms with E-state index in [4.69, 9.17) is 5.73 Å². The molecule has 0 aromatic carbocycles. The predicted octanol–water partition coefficient (Wildman–Crippen LogP) is 0.818. The predicted molar refractivity (Wildman–Crippen MR) is 52.8 cm³/mol. The fourth-order valence-electron chi connectivity index (χ4n) is 1.66. The molecule has 1 aliphatic rings. The van der Waals surface area contributed by atoms with Crippen LogP contribution in [0.25, 0.3) is 0 Å². The zero-order valence-electron chi connectivity index (χ0n) is 7.43. The van der Waals surface area contributed by atoms with Crippen molar-refractivity contribution in [1.29, 1.82) is 0 Å². The van der Waals surface area contributed by atoms with E-state index in [2.05, 4.69) is 4.98 Å². The van der Waals surface area contributed by atoms with Crippen LogP contribution in [0.1, 0.15) is 17.9 Å². The van der Waals surface area contributed by atoms with Crippen LogP contribution in [-0.2, 0) is 0 Å². The average Bonchev–Trinajstić information content (AvgIpc) is 2.15. The van der Waals surface area contributed by atoms with Crippen LogP contribution in [-0.4, -0.2) is 22.2 Å². The van der Waals surface area contributed by atoms with E-state index in [-0.39, 0.29) is 24.4 Å². The minimum Gasteiger partial charge on any atom is -0.391 e. The molecule has 1 fully saturated rings. The summed E-state index contributed by atoms with van der Waals surface area (Å²) in [5.41, 5.74) is 5.98. The topological polar surface area (TPSA) is 59.1 Å². The van der Waals surface area contributed by atoms with Crippen LogP contribution in [0.4, 0.5) is 4.39 Å². The maximum absolute atomic E-state index is 13.1. The number of aliphatic hydroxyl groups excluding tert-OH is 1. The van der Waals surface area contributed by atoms with Gasteiger partial charge in [-0.2, -0.15) is 4.39 Å². The first-order valence-electron chi connectivity index (χ1n) is 4.24. The highest BCUT2D eigenvalue weighted by Crippen LogP contribution is 2.36. The number of rotatable bonds is 1. The molecule has 5 heteroatoms. The number of pyridine rings is 1. The molecule has 0 spiro atoms. The van der Waals surface area contributed by atoms with E-state index in [1.807, 2.05) is 0 Å². The zero-order chi connectivity index (χ0) is 9.42. The lowest BCUT2D eigenvalue weighted by atomic mass is 9.74. The second kappa shape index (κ2) is 4.21. The SMILES string of the molecule is Cl.N[C@@H]1CC(c2cccnc2F)[C@H]1O. The van der Waals surface area contributed by atoms with E-state index in [1.165, 1.54) is 6.20 Å². The van der Waals surface area contributed by atoms with Gasteiger partial charge >= 0.3 is 0 Å². The summed E-state index contributed by atoms with van der Waals surface area (Å²) in [4.78, 5) is 3.52. The van der Waals surface area contributed by atoms with Crippen molar-refractivity contribution < 1.29 is 9.50 Å². The molecule has 0 bridgehead atoms. The molecule has 3 atom stereocenters. The van der Waals surface area contributed by atoms with Gasteiger partial charge in [-0.25, -0.2) is 4.98 Å². The smallest absolute Gasteiger partial charge is 0.216 e. The van der Waals surface area contributed by atoms with E-state index in [9.17, 15) is 9.50 Å². The number of aromatic nitrogens is 1. The molecule has 3 nitrogen and oxygen atoms in total. The summed E-state index contributed by atoms with van der Waals surface area (Å²) in [6.45, 7) is 0. The molecule has 1 saturated carbocycles. The van der Waals surface area contributed by atoms with Gasteiger partial charge in [0.2, 0.25) is 5.95 Å². The van der Waals surface area contributed by atoms with Gasteiger partial charge in [-0.05, 0) is 12.5 Å². The maximum atomic E-state index is 13.1. The minimum absolute atomic E-state index is 0. The van der Waals surface area contributed by atoms with Gasteiger partial charge in [-0.1, -0.05) is 6.07 Å². The average molecular weight is 219 g/mol. The normalized spacial score (nSPS) is 30.4. The van der Waals surface area contributed by atoms with Gasteiger partial charge in [0.15, 0.2) is 0 Å². The van der Waals surface area contributed by atoms with Crippen LogP contribution < -0.4 is 5.73 Å². The van der Waals surface area contributed by atoms with Gasteiger partial charge in [0.05, 0.1) is 6.10 Å². The lowest BCUT2D eigenvalue weighted by Crippen LogP contribution is -2.50. The van der Waals surface area contributed by atoms with Gasteiger partial charge in [0.1, 0.15) is 0 Å². The number of aliphatic hydroxyl groups is 1. The van der Waals surface area contributed by atoms with Crippen molar-refractivity contribution in [3.05, 3.63) is 29.8 Å². The third-order valence-corrected chi connectivity index (χ3v) is 2.56. The molecule has 1 aliphatic carbocycles. The highest BCUT2D eigenvalue weighted by Gasteiger charge is 2.39. The van der Waals surface area contributed by atoms with E-state index in [0.717, 1.165) is 0 Å². The first-order valence-corrected chi connectivity index (χ1v) is 4.24. The second-order valence-corrected chi connectivity index (χ2v) is 3.38. The lowest BCUT2D eigenvalue weighted by Gasteiger charge is -2.38. The van der Waals surface area contributed by atoms with E-state index in [1.54, 1.807) is 12.1 Å². The van der Waals surface area contributed by atoms with Crippen molar-refractivity contribution in [1.82, 2.24) is 4.98 Å². The fourth-order valence-corrected chi connectivity index (χ4v) is 1.66. The summed E-state index contributed by atoms with van der Waals surface area (Å²) < 4.78 is 13.1. The Morgan fingerprint density at radius 1 is 1.57 bits per heavy atom. The number of nitrogens with zero attached hydrogens (tertiary/aromatic N) is 1. The maximum Gasteiger partial charge on any atom is 0.216 e. The zero-order valence-corrected chi connectivity index (χ0v) is 8.25. The van der Waals surface area contributed by atoms with Gasteiger partial charge in [0.25, 0.3) is 0 Å². The molecule has 0 radical (unpaired) electrons. The van der Waals surface area contributed by atoms with Crippen molar-refractivity contribution in [2.75, 3.05) is 0 Å². The van der Waals surface area contributed by atoms with Gasteiger partial charge in [-0.15, -0.1) is 12.4 Å². The van der Waals surface area contributed by atoms with Gasteiger partial charge < -0.3 is 10.8 Å². The third-order valence-electron chi connectivity index (χ3n) is 2.56. The molecule has 1 aromatic heterocycles.